The lowest BCUT2D eigenvalue weighted by molar-refractivity contribution is -0.149. The molecule has 0 bridgehead atoms. The van der Waals surface area contributed by atoms with Crippen LogP contribution in [0, 0.1) is 11.8 Å². The molecule has 0 aromatic carbocycles. The maximum atomic E-state index is 6.01. The van der Waals surface area contributed by atoms with Gasteiger partial charge in [0.25, 0.3) is 0 Å². The van der Waals surface area contributed by atoms with Gasteiger partial charge in [-0.25, -0.2) is 0 Å². The van der Waals surface area contributed by atoms with Crippen LogP contribution in [0.3, 0.4) is 0 Å². The molecule has 2 aliphatic rings. The molecule has 1 N–H and O–H groups in total. The van der Waals surface area contributed by atoms with Crippen molar-refractivity contribution in [1.82, 2.24) is 5.32 Å². The van der Waals surface area contributed by atoms with Crippen molar-refractivity contribution < 1.29 is 4.74 Å². The first kappa shape index (κ1) is 13.4. The summed E-state index contributed by atoms with van der Waals surface area (Å²) < 4.78 is 6.01. The first-order valence-electron chi connectivity index (χ1n) is 7.60. The Morgan fingerprint density at radius 1 is 1.35 bits per heavy atom. The summed E-state index contributed by atoms with van der Waals surface area (Å²) >= 11 is 0. The van der Waals surface area contributed by atoms with Crippen LogP contribution in [0.15, 0.2) is 0 Å². The zero-order valence-electron chi connectivity index (χ0n) is 11.6. The van der Waals surface area contributed by atoms with E-state index >= 15 is 0 Å². The maximum Gasteiger partial charge on any atom is 0.0685 e. The Morgan fingerprint density at radius 3 is 2.82 bits per heavy atom. The molecule has 0 radical (unpaired) electrons. The van der Waals surface area contributed by atoms with E-state index in [1.54, 1.807) is 0 Å². The Bertz CT molecular complexity index is 225. The Kier molecular flexibility index (Phi) is 4.87. The number of rotatable bonds is 6. The molecule has 0 aromatic rings. The average Bonchev–Trinajstić information content (AvgIpc) is 2.32. The van der Waals surface area contributed by atoms with Gasteiger partial charge in [0, 0.05) is 6.61 Å². The molecule has 2 nitrogen and oxygen atoms in total. The molecule has 0 amide bonds. The van der Waals surface area contributed by atoms with Crippen LogP contribution in [0.25, 0.3) is 0 Å². The number of ether oxygens (including phenoxy) is 1. The van der Waals surface area contributed by atoms with E-state index in [-0.39, 0.29) is 0 Å². The van der Waals surface area contributed by atoms with Crippen LogP contribution < -0.4 is 5.32 Å². The summed E-state index contributed by atoms with van der Waals surface area (Å²) in [4.78, 5) is 0. The van der Waals surface area contributed by atoms with Gasteiger partial charge in [-0.05, 0) is 69.9 Å². The third-order valence-electron chi connectivity index (χ3n) is 4.80. The second-order valence-corrected chi connectivity index (χ2v) is 6.15. The highest BCUT2D eigenvalue weighted by Gasteiger charge is 2.43. The van der Waals surface area contributed by atoms with Crippen molar-refractivity contribution in [3.63, 3.8) is 0 Å². The van der Waals surface area contributed by atoms with E-state index in [9.17, 15) is 0 Å². The summed E-state index contributed by atoms with van der Waals surface area (Å²) in [6.45, 7) is 8.05. The van der Waals surface area contributed by atoms with Crippen molar-refractivity contribution in [2.24, 2.45) is 11.8 Å². The largest absolute Gasteiger partial charge is 0.375 e. The van der Waals surface area contributed by atoms with Gasteiger partial charge in [-0.2, -0.15) is 0 Å². The van der Waals surface area contributed by atoms with Crippen LogP contribution in [0.4, 0.5) is 0 Å². The molecule has 1 aliphatic heterocycles. The minimum absolute atomic E-state index is 0.327. The molecule has 1 aliphatic carbocycles. The standard InChI is InChI=1S/C15H29NO/c1-3-9-16-10-5-13(2)14-6-11-17-15(12-14)7-4-8-15/h13-14,16H,3-12H2,1-2H3. The maximum absolute atomic E-state index is 6.01. The fraction of sp³-hybridized carbons (Fsp3) is 1.00. The smallest absolute Gasteiger partial charge is 0.0685 e. The summed E-state index contributed by atoms with van der Waals surface area (Å²) in [5.74, 6) is 1.77. The second kappa shape index (κ2) is 6.19. The van der Waals surface area contributed by atoms with E-state index in [2.05, 4.69) is 19.2 Å². The summed E-state index contributed by atoms with van der Waals surface area (Å²) in [5.41, 5.74) is 0.327. The van der Waals surface area contributed by atoms with Gasteiger partial charge in [0.05, 0.1) is 5.60 Å². The van der Waals surface area contributed by atoms with E-state index in [4.69, 9.17) is 4.74 Å². The molecule has 2 heteroatoms. The number of hydrogen-bond acceptors (Lipinski definition) is 2. The van der Waals surface area contributed by atoms with Crippen LogP contribution in [0.2, 0.25) is 0 Å². The molecular weight excluding hydrogens is 210 g/mol. The Morgan fingerprint density at radius 2 is 2.18 bits per heavy atom. The highest BCUT2D eigenvalue weighted by molar-refractivity contribution is 4.94. The minimum atomic E-state index is 0.327. The number of nitrogens with one attached hydrogen (secondary N) is 1. The van der Waals surface area contributed by atoms with Gasteiger partial charge in [-0.15, -0.1) is 0 Å². The molecular formula is C15H29NO. The highest BCUT2D eigenvalue weighted by Crippen LogP contribution is 2.46. The summed E-state index contributed by atoms with van der Waals surface area (Å²) in [6, 6.07) is 0. The van der Waals surface area contributed by atoms with Gasteiger partial charge in [0.15, 0.2) is 0 Å². The van der Waals surface area contributed by atoms with Crippen molar-refractivity contribution in [3.8, 4) is 0 Å². The van der Waals surface area contributed by atoms with Gasteiger partial charge in [0.1, 0.15) is 0 Å². The Balaban J connectivity index is 1.69. The van der Waals surface area contributed by atoms with Crippen LogP contribution in [-0.2, 0) is 4.74 Å². The van der Waals surface area contributed by atoms with Crippen molar-refractivity contribution >= 4 is 0 Å². The normalized spacial score (nSPS) is 28.9. The van der Waals surface area contributed by atoms with Gasteiger partial charge in [0.2, 0.25) is 0 Å². The third kappa shape index (κ3) is 3.45. The van der Waals surface area contributed by atoms with Crippen molar-refractivity contribution in [2.45, 2.75) is 64.4 Å². The molecule has 1 saturated heterocycles. The monoisotopic (exact) mass is 239 g/mol. The quantitative estimate of drug-likeness (QED) is 0.718. The predicted octanol–water partition coefficient (Wildman–Crippen LogP) is 3.36. The van der Waals surface area contributed by atoms with E-state index in [0.717, 1.165) is 18.4 Å². The van der Waals surface area contributed by atoms with E-state index in [0.29, 0.717) is 5.60 Å². The molecule has 1 saturated carbocycles. The molecule has 2 unspecified atom stereocenters. The SMILES string of the molecule is CCCNCCC(C)C1CCOC2(CCC2)C1. The molecule has 17 heavy (non-hydrogen) atoms. The lowest BCUT2D eigenvalue weighted by Gasteiger charge is -2.48. The van der Waals surface area contributed by atoms with Gasteiger partial charge >= 0.3 is 0 Å². The van der Waals surface area contributed by atoms with E-state index < -0.39 is 0 Å². The first-order valence-corrected chi connectivity index (χ1v) is 7.60. The molecule has 2 rings (SSSR count). The van der Waals surface area contributed by atoms with E-state index in [1.165, 1.54) is 58.0 Å². The van der Waals surface area contributed by atoms with Gasteiger partial charge in [-0.1, -0.05) is 13.8 Å². The molecule has 2 atom stereocenters. The van der Waals surface area contributed by atoms with Crippen molar-refractivity contribution in [1.29, 1.82) is 0 Å². The van der Waals surface area contributed by atoms with Gasteiger partial charge < -0.3 is 10.1 Å². The molecule has 2 fully saturated rings. The lowest BCUT2D eigenvalue weighted by Crippen LogP contribution is -2.46. The van der Waals surface area contributed by atoms with Crippen LogP contribution in [0.1, 0.15) is 58.8 Å². The number of hydrogen-bond donors (Lipinski definition) is 1. The molecule has 0 aromatic heterocycles. The summed E-state index contributed by atoms with van der Waals surface area (Å²) in [7, 11) is 0. The fourth-order valence-corrected chi connectivity index (χ4v) is 3.34. The third-order valence-corrected chi connectivity index (χ3v) is 4.80. The van der Waals surface area contributed by atoms with Crippen molar-refractivity contribution in [2.75, 3.05) is 19.7 Å². The zero-order chi connectivity index (χ0) is 12.1. The fourth-order valence-electron chi connectivity index (χ4n) is 3.34. The molecule has 1 spiro atoms. The highest BCUT2D eigenvalue weighted by atomic mass is 16.5. The van der Waals surface area contributed by atoms with E-state index in [1.807, 2.05) is 0 Å². The summed E-state index contributed by atoms with van der Waals surface area (Å²) in [5, 5.41) is 3.52. The van der Waals surface area contributed by atoms with Gasteiger partial charge in [-0.3, -0.25) is 0 Å². The minimum Gasteiger partial charge on any atom is -0.375 e. The van der Waals surface area contributed by atoms with Crippen molar-refractivity contribution in [3.05, 3.63) is 0 Å². The van der Waals surface area contributed by atoms with Crippen LogP contribution >= 0.6 is 0 Å². The second-order valence-electron chi connectivity index (χ2n) is 6.15. The predicted molar refractivity (Wildman–Crippen MR) is 72.2 cm³/mol. The van der Waals surface area contributed by atoms with Crippen LogP contribution in [-0.4, -0.2) is 25.3 Å². The topological polar surface area (TPSA) is 21.3 Å². The summed E-state index contributed by atoms with van der Waals surface area (Å²) in [6.07, 6.45) is 9.24. The first-order chi connectivity index (χ1) is 8.26. The molecule has 1 heterocycles. The Labute approximate surface area is 107 Å². The zero-order valence-corrected chi connectivity index (χ0v) is 11.6. The average molecular weight is 239 g/mol. The van der Waals surface area contributed by atoms with Crippen LogP contribution in [0.5, 0.6) is 0 Å². The molecule has 100 valence electrons. The Hall–Kier alpha value is -0.0800. The lowest BCUT2D eigenvalue weighted by atomic mass is 9.69.